The van der Waals surface area contributed by atoms with Gasteiger partial charge in [0, 0.05) is 17.0 Å². The van der Waals surface area contributed by atoms with Gasteiger partial charge in [0.05, 0.1) is 10.5 Å². The first-order valence-corrected chi connectivity index (χ1v) is 11.0. The van der Waals surface area contributed by atoms with E-state index in [4.69, 9.17) is 0 Å². The summed E-state index contributed by atoms with van der Waals surface area (Å²) in [7, 11) is 0. The molecule has 0 saturated heterocycles. The molecule has 0 spiro atoms. The van der Waals surface area contributed by atoms with Crippen LogP contribution in [0.1, 0.15) is 46.4 Å². The Balaban J connectivity index is 1.66. The number of amides is 1. The third-order valence-corrected chi connectivity index (χ3v) is 6.75. The second kappa shape index (κ2) is 8.07. The molecular weight excluding hydrogens is 481 g/mol. The Hall–Kier alpha value is -2.33. The van der Waals surface area contributed by atoms with E-state index in [2.05, 4.69) is 31.7 Å². The van der Waals surface area contributed by atoms with Gasteiger partial charge in [-0.2, -0.15) is 18.3 Å². The van der Waals surface area contributed by atoms with Crippen molar-refractivity contribution in [3.8, 4) is 0 Å². The number of nitrogens with one attached hydrogen (secondary N) is 2. The van der Waals surface area contributed by atoms with Gasteiger partial charge in [-0.1, -0.05) is 25.1 Å². The van der Waals surface area contributed by atoms with Crippen LogP contribution in [0.4, 0.5) is 24.7 Å². The molecule has 2 atom stereocenters. The first kappa shape index (κ1) is 20.9. The molecule has 2 aromatic heterocycles. The van der Waals surface area contributed by atoms with Gasteiger partial charge in [0.15, 0.2) is 11.7 Å². The van der Waals surface area contributed by atoms with E-state index in [1.807, 2.05) is 24.4 Å². The van der Waals surface area contributed by atoms with E-state index in [1.165, 1.54) is 11.3 Å². The number of hydrogen-bond acceptors (Lipinski definition) is 4. The van der Waals surface area contributed by atoms with E-state index >= 15 is 0 Å². The molecule has 1 aliphatic heterocycles. The van der Waals surface area contributed by atoms with Crippen molar-refractivity contribution in [3.63, 3.8) is 0 Å². The Morgan fingerprint density at radius 3 is 2.67 bits per heavy atom. The number of nitrogens with zero attached hydrogens (tertiary/aromatic N) is 2. The average Bonchev–Trinajstić information content (AvgIpc) is 3.36. The number of carbonyl (C=O) groups excluding carboxylic acids is 1. The fourth-order valence-corrected chi connectivity index (χ4v) is 4.77. The average molecular weight is 499 g/mol. The predicted molar refractivity (Wildman–Crippen MR) is 114 cm³/mol. The molecule has 2 N–H and O–H groups in total. The molecule has 1 aromatic carbocycles. The van der Waals surface area contributed by atoms with Crippen LogP contribution in [0.25, 0.3) is 0 Å². The van der Waals surface area contributed by atoms with E-state index < -0.39 is 24.2 Å². The van der Waals surface area contributed by atoms with Gasteiger partial charge in [0.25, 0.3) is 5.91 Å². The topological polar surface area (TPSA) is 59.0 Å². The first-order chi connectivity index (χ1) is 14.3. The van der Waals surface area contributed by atoms with Gasteiger partial charge in [-0.15, -0.1) is 11.3 Å². The van der Waals surface area contributed by atoms with Gasteiger partial charge in [-0.3, -0.25) is 4.79 Å². The smallest absolute Gasteiger partial charge is 0.362 e. The van der Waals surface area contributed by atoms with Gasteiger partial charge >= 0.3 is 6.18 Å². The van der Waals surface area contributed by atoms with Crippen LogP contribution < -0.4 is 10.6 Å². The number of aryl methyl sites for hydroxylation is 1. The molecule has 3 heterocycles. The number of anilines is 2. The van der Waals surface area contributed by atoms with Crippen LogP contribution >= 0.6 is 27.3 Å². The molecule has 0 fully saturated rings. The first-order valence-electron chi connectivity index (χ1n) is 9.33. The van der Waals surface area contributed by atoms with Gasteiger partial charge in [-0.05, 0) is 51.5 Å². The summed E-state index contributed by atoms with van der Waals surface area (Å²) in [5.74, 6) is -0.433. The van der Waals surface area contributed by atoms with Crippen molar-refractivity contribution in [2.75, 3.05) is 10.6 Å². The number of rotatable bonds is 4. The lowest BCUT2D eigenvalue weighted by Gasteiger charge is -2.33. The van der Waals surface area contributed by atoms with Gasteiger partial charge in [0.1, 0.15) is 5.82 Å². The fourth-order valence-electron chi connectivity index (χ4n) is 3.42. The zero-order chi connectivity index (χ0) is 21.5. The number of alkyl halides is 3. The summed E-state index contributed by atoms with van der Waals surface area (Å²) in [5, 5.41) is 11.7. The largest absolute Gasteiger partial charge is 0.410 e. The lowest BCUT2D eigenvalue weighted by atomic mass is 10.0. The molecule has 0 unspecified atom stereocenters. The van der Waals surface area contributed by atoms with E-state index in [-0.39, 0.29) is 22.4 Å². The SMILES string of the molecule is CCc1ccc(NC(=O)c2nn3c(c2Br)N[C@H](c2cccs2)C[C@@H]3C(F)(F)F)cc1. The number of carbonyl (C=O) groups is 1. The molecule has 5 nitrogen and oxygen atoms in total. The summed E-state index contributed by atoms with van der Waals surface area (Å²) >= 11 is 4.67. The number of thiophene rings is 1. The van der Waals surface area contributed by atoms with Crippen LogP contribution in [0, 0.1) is 0 Å². The van der Waals surface area contributed by atoms with E-state index in [1.54, 1.807) is 24.3 Å². The van der Waals surface area contributed by atoms with E-state index in [0.29, 0.717) is 5.69 Å². The highest BCUT2D eigenvalue weighted by atomic mass is 79.9. The number of aromatic nitrogens is 2. The summed E-state index contributed by atoms with van der Waals surface area (Å²) < 4.78 is 42.5. The Morgan fingerprint density at radius 1 is 1.33 bits per heavy atom. The van der Waals surface area contributed by atoms with Crippen LogP contribution in [0.15, 0.2) is 46.3 Å². The third-order valence-electron chi connectivity index (χ3n) is 5.02. The van der Waals surface area contributed by atoms with Crippen molar-refractivity contribution in [2.24, 2.45) is 0 Å². The molecule has 30 heavy (non-hydrogen) atoms. The van der Waals surface area contributed by atoms with Crippen molar-refractivity contribution < 1.29 is 18.0 Å². The minimum absolute atomic E-state index is 0.0989. The highest BCUT2D eigenvalue weighted by molar-refractivity contribution is 9.10. The Kier molecular flexibility index (Phi) is 5.63. The van der Waals surface area contributed by atoms with Crippen LogP contribution in [0.5, 0.6) is 0 Å². The standard InChI is InChI=1S/C20H18BrF3N4OS/c1-2-11-5-7-12(8-6-11)25-19(29)17-16(21)18-26-13(14-4-3-9-30-14)10-15(20(22,23)24)28(18)27-17/h3-9,13,15,26H,2,10H2,1H3,(H,25,29)/t13-,15+/m0/s1. The third kappa shape index (κ3) is 3.98. The monoisotopic (exact) mass is 498 g/mol. The summed E-state index contributed by atoms with van der Waals surface area (Å²) in [5.41, 5.74) is 1.56. The predicted octanol–water partition coefficient (Wildman–Crippen LogP) is 6.18. The molecule has 0 bridgehead atoms. The van der Waals surface area contributed by atoms with Crippen molar-refractivity contribution in [1.82, 2.24) is 9.78 Å². The fraction of sp³-hybridized carbons (Fsp3) is 0.300. The van der Waals surface area contributed by atoms with Crippen molar-refractivity contribution >= 4 is 44.7 Å². The van der Waals surface area contributed by atoms with Crippen molar-refractivity contribution in [3.05, 3.63) is 62.4 Å². The molecule has 0 aliphatic carbocycles. The quantitative estimate of drug-likeness (QED) is 0.451. The maximum Gasteiger partial charge on any atom is 0.410 e. The lowest BCUT2D eigenvalue weighted by Crippen LogP contribution is -2.35. The summed E-state index contributed by atoms with van der Waals surface area (Å²) in [4.78, 5) is 13.5. The molecule has 10 heteroatoms. The maximum absolute atomic E-state index is 13.8. The van der Waals surface area contributed by atoms with Gasteiger partial charge in [0.2, 0.25) is 0 Å². The molecule has 4 rings (SSSR count). The molecule has 0 radical (unpaired) electrons. The molecule has 1 aliphatic rings. The highest BCUT2D eigenvalue weighted by Gasteiger charge is 2.48. The Labute approximate surface area is 183 Å². The van der Waals surface area contributed by atoms with Crippen molar-refractivity contribution in [1.29, 1.82) is 0 Å². The zero-order valence-electron chi connectivity index (χ0n) is 15.8. The van der Waals surface area contributed by atoms with Crippen LogP contribution in [-0.4, -0.2) is 21.9 Å². The number of benzene rings is 1. The minimum atomic E-state index is -4.50. The van der Waals surface area contributed by atoms with Gasteiger partial charge in [-0.25, -0.2) is 4.68 Å². The Morgan fingerprint density at radius 2 is 2.07 bits per heavy atom. The molecule has 1 amide bonds. The maximum atomic E-state index is 13.8. The van der Waals surface area contributed by atoms with E-state index in [9.17, 15) is 18.0 Å². The van der Waals surface area contributed by atoms with Crippen LogP contribution in [0.3, 0.4) is 0 Å². The molecule has 3 aromatic rings. The van der Waals surface area contributed by atoms with Gasteiger partial charge < -0.3 is 10.6 Å². The molecular formula is C20H18BrF3N4OS. The molecule has 158 valence electrons. The zero-order valence-corrected chi connectivity index (χ0v) is 18.2. The second-order valence-corrected chi connectivity index (χ2v) is 8.74. The molecule has 0 saturated carbocycles. The summed E-state index contributed by atoms with van der Waals surface area (Å²) in [6.07, 6.45) is -3.84. The van der Waals surface area contributed by atoms with Crippen LogP contribution in [-0.2, 0) is 6.42 Å². The normalized spacial score (nSPS) is 18.6. The van der Waals surface area contributed by atoms with Crippen LogP contribution in [0.2, 0.25) is 0 Å². The Bertz CT molecular complexity index is 1050. The van der Waals surface area contributed by atoms with E-state index in [0.717, 1.165) is 21.5 Å². The number of hydrogen-bond donors (Lipinski definition) is 2. The lowest BCUT2D eigenvalue weighted by molar-refractivity contribution is -0.173. The number of fused-ring (bicyclic) bond motifs is 1. The highest BCUT2D eigenvalue weighted by Crippen LogP contribution is 2.46. The van der Waals surface area contributed by atoms with Crippen molar-refractivity contribution in [2.45, 2.75) is 38.0 Å². The summed E-state index contributed by atoms with van der Waals surface area (Å²) in [6, 6.07) is 8.52. The summed E-state index contributed by atoms with van der Waals surface area (Å²) in [6.45, 7) is 2.02. The second-order valence-electron chi connectivity index (χ2n) is 6.97. The number of halogens is 4. The minimum Gasteiger partial charge on any atom is -0.362 e.